The molecule has 124 valence electrons. The van der Waals surface area contributed by atoms with Crippen LogP contribution < -0.4 is 5.32 Å². The molecule has 0 spiro atoms. The van der Waals surface area contributed by atoms with Crippen molar-refractivity contribution < 1.29 is 13.2 Å². The van der Waals surface area contributed by atoms with E-state index in [0.717, 1.165) is 12.1 Å². The number of hydrogen-bond donors (Lipinski definition) is 1. The Hall–Kier alpha value is -2.47. The van der Waals surface area contributed by atoms with Crippen molar-refractivity contribution >= 4 is 23.1 Å². The fraction of sp³-hybridized carbons (Fsp3) is 0.118. The average Bonchev–Trinajstić information content (AvgIpc) is 2.77. The van der Waals surface area contributed by atoms with Crippen LogP contribution in [0.25, 0.3) is 11.1 Å². The van der Waals surface area contributed by atoms with Crippen LogP contribution in [0.1, 0.15) is 5.69 Å². The number of hydrogen-bond acceptors (Lipinski definition) is 2. The van der Waals surface area contributed by atoms with Gasteiger partial charge in [0.2, 0.25) is 0 Å². The summed E-state index contributed by atoms with van der Waals surface area (Å²) >= 11 is 5.63. The second kappa shape index (κ2) is 6.20. The van der Waals surface area contributed by atoms with Gasteiger partial charge < -0.3 is 5.32 Å². The van der Waals surface area contributed by atoms with Gasteiger partial charge in [-0.2, -0.15) is 5.10 Å². The van der Waals surface area contributed by atoms with Gasteiger partial charge >= 0.3 is 0 Å². The highest BCUT2D eigenvalue weighted by Crippen LogP contribution is 2.36. The Labute approximate surface area is 141 Å². The lowest BCUT2D eigenvalue weighted by atomic mass is 10.0. The van der Waals surface area contributed by atoms with Crippen LogP contribution in [-0.4, -0.2) is 9.78 Å². The van der Waals surface area contributed by atoms with E-state index in [9.17, 15) is 13.2 Å². The maximum absolute atomic E-state index is 14.2. The third-order valence-corrected chi connectivity index (χ3v) is 3.83. The molecule has 0 fully saturated rings. The zero-order valence-corrected chi connectivity index (χ0v) is 13.6. The smallest absolute Gasteiger partial charge is 0.151 e. The summed E-state index contributed by atoms with van der Waals surface area (Å²) < 4.78 is 43.7. The highest BCUT2D eigenvalue weighted by Gasteiger charge is 2.20. The van der Waals surface area contributed by atoms with Crippen LogP contribution in [0.5, 0.6) is 0 Å². The van der Waals surface area contributed by atoms with Crippen molar-refractivity contribution in [2.75, 3.05) is 5.32 Å². The fourth-order valence-corrected chi connectivity index (χ4v) is 2.76. The summed E-state index contributed by atoms with van der Waals surface area (Å²) in [5.74, 6) is -1.87. The van der Waals surface area contributed by atoms with E-state index in [1.807, 2.05) is 0 Å². The summed E-state index contributed by atoms with van der Waals surface area (Å²) in [5.41, 5.74) is 0.879. The molecular formula is C17H13ClF3N3. The molecule has 0 saturated heterocycles. The maximum atomic E-state index is 14.2. The number of halogens is 4. The molecule has 1 heterocycles. The van der Waals surface area contributed by atoms with Crippen molar-refractivity contribution in [1.82, 2.24) is 9.78 Å². The standard InChI is InChI=1S/C17H13ClF3N3/c1-9-15(11-5-3-4-6-12(11)19)17(24(2)23-9)22-16-13(20)7-10(18)8-14(16)21/h3-8,22H,1-2H3. The van der Waals surface area contributed by atoms with Crippen LogP contribution in [0.3, 0.4) is 0 Å². The Balaban J connectivity index is 2.16. The molecule has 1 N–H and O–H groups in total. The molecule has 1 aromatic heterocycles. The van der Waals surface area contributed by atoms with Gasteiger partial charge in [0.25, 0.3) is 0 Å². The minimum Gasteiger partial charge on any atom is -0.335 e. The van der Waals surface area contributed by atoms with E-state index in [1.54, 1.807) is 32.2 Å². The van der Waals surface area contributed by atoms with E-state index < -0.39 is 17.5 Å². The molecule has 0 amide bonds. The largest absolute Gasteiger partial charge is 0.335 e. The predicted octanol–water partition coefficient (Wildman–Crippen LogP) is 5.21. The summed E-state index contributed by atoms with van der Waals surface area (Å²) in [7, 11) is 1.60. The molecule has 3 nitrogen and oxygen atoms in total. The van der Waals surface area contributed by atoms with Gasteiger partial charge in [-0.1, -0.05) is 29.8 Å². The van der Waals surface area contributed by atoms with Gasteiger partial charge in [0.05, 0.1) is 11.3 Å². The van der Waals surface area contributed by atoms with E-state index >= 15 is 0 Å². The van der Waals surface area contributed by atoms with Crippen molar-refractivity contribution in [2.45, 2.75) is 6.92 Å². The number of benzene rings is 2. The molecular weight excluding hydrogens is 339 g/mol. The first-order chi connectivity index (χ1) is 11.4. The Kier molecular flexibility index (Phi) is 4.24. The molecule has 7 heteroatoms. The normalized spacial score (nSPS) is 10.9. The van der Waals surface area contributed by atoms with Crippen LogP contribution in [0.4, 0.5) is 24.7 Å². The minimum atomic E-state index is -0.849. The molecule has 3 aromatic rings. The second-order valence-electron chi connectivity index (χ2n) is 5.28. The molecule has 24 heavy (non-hydrogen) atoms. The van der Waals surface area contributed by atoms with Gasteiger partial charge in [0.1, 0.15) is 17.3 Å². The molecule has 0 bridgehead atoms. The number of aryl methyl sites for hydroxylation is 2. The Morgan fingerprint density at radius 1 is 1.04 bits per heavy atom. The number of nitrogens with zero attached hydrogens (tertiary/aromatic N) is 2. The molecule has 0 aliphatic heterocycles. The zero-order valence-electron chi connectivity index (χ0n) is 12.9. The van der Waals surface area contributed by atoms with Crippen LogP contribution in [0, 0.1) is 24.4 Å². The number of nitrogens with one attached hydrogen (secondary N) is 1. The predicted molar refractivity (Wildman–Crippen MR) is 88.0 cm³/mol. The topological polar surface area (TPSA) is 29.9 Å². The lowest BCUT2D eigenvalue weighted by Gasteiger charge is -2.12. The van der Waals surface area contributed by atoms with E-state index in [4.69, 9.17) is 11.6 Å². The highest BCUT2D eigenvalue weighted by molar-refractivity contribution is 6.30. The van der Waals surface area contributed by atoms with Crippen LogP contribution in [-0.2, 0) is 7.05 Å². The molecule has 0 saturated carbocycles. The van der Waals surface area contributed by atoms with Crippen LogP contribution in [0.15, 0.2) is 36.4 Å². The second-order valence-corrected chi connectivity index (χ2v) is 5.72. The zero-order chi connectivity index (χ0) is 17.4. The first-order valence-electron chi connectivity index (χ1n) is 7.08. The number of aromatic nitrogens is 2. The quantitative estimate of drug-likeness (QED) is 0.702. The van der Waals surface area contributed by atoms with Gasteiger partial charge in [0.15, 0.2) is 11.6 Å². The summed E-state index contributed by atoms with van der Waals surface area (Å²) in [6, 6.07) is 8.14. The Morgan fingerprint density at radius 2 is 1.67 bits per heavy atom. The number of rotatable bonds is 3. The third kappa shape index (κ3) is 2.85. The summed E-state index contributed by atoms with van der Waals surface area (Å²) in [6.45, 7) is 1.70. The van der Waals surface area contributed by atoms with Gasteiger partial charge in [0, 0.05) is 17.6 Å². The highest BCUT2D eigenvalue weighted by atomic mass is 35.5. The maximum Gasteiger partial charge on any atom is 0.151 e. The summed E-state index contributed by atoms with van der Waals surface area (Å²) in [5, 5.41) is 6.84. The van der Waals surface area contributed by atoms with E-state index in [1.165, 1.54) is 10.7 Å². The van der Waals surface area contributed by atoms with Crippen LogP contribution in [0.2, 0.25) is 5.02 Å². The van der Waals surface area contributed by atoms with Gasteiger partial charge in [-0.25, -0.2) is 13.2 Å². The monoisotopic (exact) mass is 351 g/mol. The van der Waals surface area contributed by atoms with Gasteiger partial charge in [-0.3, -0.25) is 4.68 Å². The van der Waals surface area contributed by atoms with Crippen LogP contribution >= 0.6 is 11.6 Å². The first kappa shape index (κ1) is 16.4. The molecule has 2 aromatic carbocycles. The lowest BCUT2D eigenvalue weighted by Crippen LogP contribution is -2.04. The SMILES string of the molecule is Cc1nn(C)c(Nc2c(F)cc(Cl)cc2F)c1-c1ccccc1F. The van der Waals surface area contributed by atoms with Gasteiger partial charge in [-0.15, -0.1) is 0 Å². The van der Waals surface area contributed by atoms with Gasteiger partial charge in [-0.05, 0) is 25.1 Å². The van der Waals surface area contributed by atoms with Crippen molar-refractivity contribution in [1.29, 1.82) is 0 Å². The Bertz CT molecular complexity index is 898. The lowest BCUT2D eigenvalue weighted by molar-refractivity contribution is 0.590. The minimum absolute atomic E-state index is 0.0499. The third-order valence-electron chi connectivity index (χ3n) is 3.62. The molecule has 3 rings (SSSR count). The summed E-state index contributed by atoms with van der Waals surface area (Å²) in [4.78, 5) is 0. The van der Waals surface area contributed by atoms with E-state index in [0.29, 0.717) is 16.8 Å². The van der Waals surface area contributed by atoms with Crippen molar-refractivity contribution in [3.05, 3.63) is 64.6 Å². The molecule has 0 radical (unpaired) electrons. The molecule has 0 unspecified atom stereocenters. The molecule has 0 aliphatic carbocycles. The van der Waals surface area contributed by atoms with E-state index in [2.05, 4.69) is 10.4 Å². The van der Waals surface area contributed by atoms with Crippen molar-refractivity contribution in [3.63, 3.8) is 0 Å². The average molecular weight is 352 g/mol. The van der Waals surface area contributed by atoms with Crippen molar-refractivity contribution in [3.8, 4) is 11.1 Å². The van der Waals surface area contributed by atoms with Crippen molar-refractivity contribution in [2.24, 2.45) is 7.05 Å². The Morgan fingerprint density at radius 3 is 2.29 bits per heavy atom. The van der Waals surface area contributed by atoms with E-state index in [-0.39, 0.29) is 16.5 Å². The number of anilines is 2. The summed E-state index contributed by atoms with van der Waals surface area (Å²) in [6.07, 6.45) is 0. The fourth-order valence-electron chi connectivity index (χ4n) is 2.57. The first-order valence-corrected chi connectivity index (χ1v) is 7.46. The molecule has 0 atom stereocenters. The molecule has 0 aliphatic rings.